The molecule has 1 atom stereocenters. The largest absolute Gasteiger partial charge is 0.381 e. The minimum Gasteiger partial charge on any atom is -0.381 e. The van der Waals surface area contributed by atoms with Gasteiger partial charge in [0.15, 0.2) is 0 Å². The van der Waals surface area contributed by atoms with E-state index in [4.69, 9.17) is 9.72 Å². The lowest BCUT2D eigenvalue weighted by molar-refractivity contribution is -0.142. The van der Waals surface area contributed by atoms with Gasteiger partial charge in [-0.2, -0.15) is 0 Å². The van der Waals surface area contributed by atoms with Gasteiger partial charge >= 0.3 is 0 Å². The third-order valence-corrected chi connectivity index (χ3v) is 6.52. The summed E-state index contributed by atoms with van der Waals surface area (Å²) in [6.45, 7) is 3.77. The molecule has 2 aliphatic heterocycles. The molecule has 0 saturated carbocycles. The Morgan fingerprint density at radius 3 is 2.53 bits per heavy atom. The fraction of sp³-hybridized carbons (Fsp3) is 0.458. The van der Waals surface area contributed by atoms with E-state index in [1.807, 2.05) is 42.2 Å². The maximum Gasteiger partial charge on any atom is 0.252 e. The van der Waals surface area contributed by atoms with Crippen molar-refractivity contribution in [3.8, 4) is 0 Å². The van der Waals surface area contributed by atoms with Crippen LogP contribution in [0.25, 0.3) is 0 Å². The first-order chi connectivity index (χ1) is 14.6. The molecule has 0 aliphatic carbocycles. The summed E-state index contributed by atoms with van der Waals surface area (Å²) in [6, 6.07) is 13.8. The second-order valence-electron chi connectivity index (χ2n) is 8.17. The molecule has 1 N–H and O–H groups in total. The Morgan fingerprint density at radius 2 is 1.87 bits per heavy atom. The molecular weight excluding hydrogens is 378 g/mol. The van der Waals surface area contributed by atoms with Gasteiger partial charge in [0.05, 0.1) is 28.4 Å². The molecule has 2 aliphatic rings. The number of carbonyl (C=O) groups is 2. The number of hydrogen-bond donors (Lipinski definition) is 1. The maximum atomic E-state index is 14.0. The fourth-order valence-electron chi connectivity index (χ4n) is 4.84. The molecule has 2 saturated heterocycles. The minimum atomic E-state index is -0.542. The Labute approximate surface area is 177 Å². The molecule has 0 bridgehead atoms. The highest BCUT2D eigenvalue weighted by Crippen LogP contribution is 2.41. The van der Waals surface area contributed by atoms with E-state index in [1.165, 1.54) is 0 Å². The summed E-state index contributed by atoms with van der Waals surface area (Å²) in [5.41, 5.74) is 2.65. The van der Waals surface area contributed by atoms with Crippen molar-refractivity contribution < 1.29 is 14.3 Å². The van der Waals surface area contributed by atoms with Gasteiger partial charge in [0.2, 0.25) is 5.91 Å². The van der Waals surface area contributed by atoms with Crippen LogP contribution in [0.4, 0.5) is 0 Å². The smallest absolute Gasteiger partial charge is 0.252 e. The highest BCUT2D eigenvalue weighted by Gasteiger charge is 2.46. The highest BCUT2D eigenvalue weighted by atomic mass is 16.5. The standard InChI is InChI=1S/C24H29N3O3/c1-17-19(22(28)25-2)10-11-20(26-17)21-9-6-14-27(21)23(29)24(12-15-30-16-13-24)18-7-4-3-5-8-18/h3-5,7-8,10-11,21H,6,9,12-16H2,1-2H3,(H,25,28). The zero-order chi connectivity index (χ0) is 21.1. The lowest BCUT2D eigenvalue weighted by Gasteiger charge is -2.40. The van der Waals surface area contributed by atoms with Gasteiger partial charge in [-0.15, -0.1) is 0 Å². The quantitative estimate of drug-likeness (QED) is 0.845. The van der Waals surface area contributed by atoms with Gasteiger partial charge in [0.25, 0.3) is 5.91 Å². The van der Waals surface area contributed by atoms with Gasteiger partial charge in [-0.05, 0) is 50.3 Å². The van der Waals surface area contributed by atoms with Crippen LogP contribution in [0.15, 0.2) is 42.5 Å². The van der Waals surface area contributed by atoms with Crippen molar-refractivity contribution in [1.82, 2.24) is 15.2 Å². The summed E-state index contributed by atoms with van der Waals surface area (Å²) < 4.78 is 5.61. The first-order valence-corrected chi connectivity index (χ1v) is 10.7. The van der Waals surface area contributed by atoms with E-state index >= 15 is 0 Å². The number of nitrogens with zero attached hydrogens (tertiary/aromatic N) is 2. The fourth-order valence-corrected chi connectivity index (χ4v) is 4.84. The Hall–Kier alpha value is -2.73. The first-order valence-electron chi connectivity index (χ1n) is 10.7. The summed E-state index contributed by atoms with van der Waals surface area (Å²) in [6.07, 6.45) is 3.23. The number of pyridine rings is 1. The van der Waals surface area contributed by atoms with Crippen LogP contribution in [0.2, 0.25) is 0 Å². The predicted octanol–water partition coefficient (Wildman–Crippen LogP) is 3.16. The Morgan fingerprint density at radius 1 is 1.13 bits per heavy atom. The van der Waals surface area contributed by atoms with Crippen molar-refractivity contribution in [2.24, 2.45) is 0 Å². The van der Waals surface area contributed by atoms with Crippen LogP contribution in [0.1, 0.15) is 59.0 Å². The molecular formula is C24H29N3O3. The van der Waals surface area contributed by atoms with E-state index in [1.54, 1.807) is 7.05 Å². The zero-order valence-electron chi connectivity index (χ0n) is 17.7. The van der Waals surface area contributed by atoms with Gasteiger partial charge in [-0.3, -0.25) is 14.6 Å². The van der Waals surface area contributed by atoms with Crippen molar-refractivity contribution in [2.75, 3.05) is 26.8 Å². The van der Waals surface area contributed by atoms with E-state index < -0.39 is 5.41 Å². The number of carbonyl (C=O) groups excluding carboxylic acids is 2. The Kier molecular flexibility index (Phi) is 5.86. The van der Waals surface area contributed by atoms with Crippen molar-refractivity contribution in [2.45, 2.75) is 44.1 Å². The van der Waals surface area contributed by atoms with E-state index in [0.717, 1.165) is 30.6 Å². The normalized spacial score (nSPS) is 20.7. The average molecular weight is 408 g/mol. The van der Waals surface area contributed by atoms with Crippen LogP contribution < -0.4 is 5.32 Å². The van der Waals surface area contributed by atoms with Gasteiger partial charge in [0, 0.05) is 26.8 Å². The monoisotopic (exact) mass is 407 g/mol. The summed E-state index contributed by atoms with van der Waals surface area (Å²) in [4.78, 5) is 32.7. The molecule has 6 heteroatoms. The number of aryl methyl sites for hydroxylation is 1. The Balaban J connectivity index is 1.66. The third kappa shape index (κ3) is 3.60. The molecule has 0 spiro atoms. The van der Waals surface area contributed by atoms with Crippen molar-refractivity contribution in [3.63, 3.8) is 0 Å². The molecule has 1 aromatic heterocycles. The molecule has 0 radical (unpaired) electrons. The number of amides is 2. The molecule has 3 heterocycles. The van der Waals surface area contributed by atoms with Gasteiger partial charge in [0.1, 0.15) is 0 Å². The second kappa shape index (κ2) is 8.56. The van der Waals surface area contributed by atoms with Crippen LogP contribution >= 0.6 is 0 Å². The average Bonchev–Trinajstić information content (AvgIpc) is 3.29. The van der Waals surface area contributed by atoms with E-state index in [9.17, 15) is 9.59 Å². The summed E-state index contributed by atoms with van der Waals surface area (Å²) in [5.74, 6) is 0.0328. The number of benzene rings is 1. The highest BCUT2D eigenvalue weighted by molar-refractivity contribution is 5.95. The van der Waals surface area contributed by atoms with Crippen LogP contribution in [-0.4, -0.2) is 48.5 Å². The molecule has 2 aromatic rings. The molecule has 1 unspecified atom stereocenters. The van der Waals surface area contributed by atoms with Gasteiger partial charge in [-0.1, -0.05) is 30.3 Å². The number of aromatic nitrogens is 1. The Bertz CT molecular complexity index is 923. The summed E-state index contributed by atoms with van der Waals surface area (Å²) in [7, 11) is 1.62. The van der Waals surface area contributed by atoms with Crippen LogP contribution in [0, 0.1) is 6.92 Å². The van der Waals surface area contributed by atoms with Crippen molar-refractivity contribution >= 4 is 11.8 Å². The molecule has 4 rings (SSSR count). The molecule has 2 amide bonds. The van der Waals surface area contributed by atoms with Crippen LogP contribution in [0.5, 0.6) is 0 Å². The maximum absolute atomic E-state index is 14.0. The predicted molar refractivity (Wildman–Crippen MR) is 114 cm³/mol. The van der Waals surface area contributed by atoms with Gasteiger partial charge < -0.3 is 15.0 Å². The summed E-state index contributed by atoms with van der Waals surface area (Å²) >= 11 is 0. The third-order valence-electron chi connectivity index (χ3n) is 6.52. The molecule has 2 fully saturated rings. The van der Waals surface area contributed by atoms with Gasteiger partial charge in [-0.25, -0.2) is 0 Å². The number of rotatable bonds is 4. The number of likely N-dealkylation sites (tertiary alicyclic amines) is 1. The van der Waals surface area contributed by atoms with Crippen LogP contribution in [-0.2, 0) is 14.9 Å². The summed E-state index contributed by atoms with van der Waals surface area (Å²) in [5, 5.41) is 2.65. The number of nitrogens with one attached hydrogen (secondary N) is 1. The van der Waals surface area contributed by atoms with Crippen molar-refractivity contribution in [1.29, 1.82) is 0 Å². The lowest BCUT2D eigenvalue weighted by Crippen LogP contribution is -2.49. The molecule has 158 valence electrons. The minimum absolute atomic E-state index is 0.0571. The molecule has 6 nitrogen and oxygen atoms in total. The first kappa shape index (κ1) is 20.5. The second-order valence-corrected chi connectivity index (χ2v) is 8.17. The molecule has 1 aromatic carbocycles. The van der Waals surface area contributed by atoms with E-state index in [-0.39, 0.29) is 17.9 Å². The van der Waals surface area contributed by atoms with Crippen LogP contribution in [0.3, 0.4) is 0 Å². The van der Waals surface area contributed by atoms with E-state index in [2.05, 4.69) is 17.4 Å². The SMILES string of the molecule is CNC(=O)c1ccc(C2CCCN2C(=O)C2(c3ccccc3)CCOCC2)nc1C. The van der Waals surface area contributed by atoms with E-state index in [0.29, 0.717) is 37.3 Å². The zero-order valence-corrected chi connectivity index (χ0v) is 17.7. The topological polar surface area (TPSA) is 71.5 Å². The van der Waals surface area contributed by atoms with Crippen molar-refractivity contribution in [3.05, 3.63) is 65.0 Å². The lowest BCUT2D eigenvalue weighted by atomic mass is 9.73. The number of ether oxygens (including phenoxy) is 1. The molecule has 30 heavy (non-hydrogen) atoms. The number of hydrogen-bond acceptors (Lipinski definition) is 4.